The second-order valence-electron chi connectivity index (χ2n) is 12.6. The minimum atomic E-state index is -1.17. The monoisotopic (exact) mass is 666 g/mol. The maximum Gasteiger partial charge on any atom is 0.334 e. The van der Waals surface area contributed by atoms with E-state index in [1.165, 1.54) is 4.90 Å². The van der Waals surface area contributed by atoms with Crippen molar-refractivity contribution in [3.63, 3.8) is 0 Å². The minimum Gasteiger partial charge on any atom is -0.479 e. The Morgan fingerprint density at radius 3 is 1.98 bits per heavy atom. The fourth-order valence-electron chi connectivity index (χ4n) is 5.52. The van der Waals surface area contributed by atoms with Gasteiger partial charge in [-0.2, -0.15) is 0 Å². The van der Waals surface area contributed by atoms with Crippen LogP contribution in [0.2, 0.25) is 0 Å². The topological polar surface area (TPSA) is 206 Å². The number of benzene rings is 2. The van der Waals surface area contributed by atoms with Crippen LogP contribution < -0.4 is 27.4 Å². The molecule has 1 aliphatic rings. The Morgan fingerprint density at radius 2 is 1.40 bits per heavy atom. The van der Waals surface area contributed by atoms with Gasteiger partial charge in [0.15, 0.2) is 6.10 Å². The van der Waals surface area contributed by atoms with E-state index in [4.69, 9.17) is 16.2 Å². The summed E-state index contributed by atoms with van der Waals surface area (Å²) in [5.74, 6) is -3.24. The van der Waals surface area contributed by atoms with Crippen molar-refractivity contribution >= 4 is 29.6 Å². The molecule has 4 amide bonds. The van der Waals surface area contributed by atoms with Crippen LogP contribution in [0, 0.1) is 5.92 Å². The van der Waals surface area contributed by atoms with E-state index in [0.717, 1.165) is 11.1 Å². The summed E-state index contributed by atoms with van der Waals surface area (Å²) in [6.45, 7) is 4.32. The van der Waals surface area contributed by atoms with Crippen molar-refractivity contribution < 1.29 is 33.8 Å². The highest BCUT2D eigenvalue weighted by molar-refractivity contribution is 5.95. The number of hydrogen-bond donors (Lipinski definition) is 6. The fourth-order valence-corrected chi connectivity index (χ4v) is 5.52. The first-order chi connectivity index (χ1) is 23.0. The van der Waals surface area contributed by atoms with E-state index in [2.05, 4.69) is 16.0 Å². The number of rotatable bonds is 18. The summed E-state index contributed by atoms with van der Waals surface area (Å²) in [5, 5.41) is 17.8. The lowest BCUT2D eigenvalue weighted by atomic mass is 9.99. The molecule has 1 aliphatic heterocycles. The van der Waals surface area contributed by atoms with Crippen LogP contribution in [0.1, 0.15) is 50.7 Å². The minimum absolute atomic E-state index is 0.00975. The number of carbonyl (C=O) groups is 5. The number of morpholine rings is 1. The van der Waals surface area contributed by atoms with Gasteiger partial charge >= 0.3 is 5.97 Å². The molecule has 262 valence electrons. The summed E-state index contributed by atoms with van der Waals surface area (Å²) >= 11 is 0. The van der Waals surface area contributed by atoms with E-state index in [1.54, 1.807) is 0 Å². The molecule has 1 saturated heterocycles. The molecule has 48 heavy (non-hydrogen) atoms. The predicted octanol–water partition coefficient (Wildman–Crippen LogP) is 0.741. The van der Waals surface area contributed by atoms with E-state index in [-0.39, 0.29) is 51.3 Å². The molecule has 13 nitrogen and oxygen atoms in total. The third kappa shape index (κ3) is 12.4. The van der Waals surface area contributed by atoms with Gasteiger partial charge in [-0.05, 0) is 55.7 Å². The molecule has 3 rings (SSSR count). The molecule has 0 saturated carbocycles. The average molecular weight is 667 g/mol. The first kappa shape index (κ1) is 38.1. The van der Waals surface area contributed by atoms with E-state index >= 15 is 0 Å². The summed E-state index contributed by atoms with van der Waals surface area (Å²) in [6, 6.07) is 14.6. The van der Waals surface area contributed by atoms with Gasteiger partial charge in [-0.15, -0.1) is 0 Å². The summed E-state index contributed by atoms with van der Waals surface area (Å²) in [4.78, 5) is 67.3. The largest absolute Gasteiger partial charge is 0.479 e. The van der Waals surface area contributed by atoms with E-state index in [1.807, 2.05) is 74.5 Å². The maximum absolute atomic E-state index is 13.8. The Labute approximate surface area is 282 Å². The van der Waals surface area contributed by atoms with Gasteiger partial charge in [-0.25, -0.2) is 4.79 Å². The van der Waals surface area contributed by atoms with Crippen LogP contribution in [0.5, 0.6) is 0 Å². The van der Waals surface area contributed by atoms with E-state index in [9.17, 15) is 29.1 Å². The zero-order valence-electron chi connectivity index (χ0n) is 27.8. The second kappa shape index (κ2) is 19.5. The molecule has 0 aliphatic carbocycles. The van der Waals surface area contributed by atoms with Crippen LogP contribution >= 0.6 is 0 Å². The number of ether oxygens (including phenoxy) is 1. The molecule has 1 fully saturated rings. The Kier molecular flexibility index (Phi) is 15.5. The summed E-state index contributed by atoms with van der Waals surface area (Å²) < 4.78 is 5.26. The first-order valence-electron chi connectivity index (χ1n) is 16.6. The normalized spacial score (nSPS) is 17.1. The van der Waals surface area contributed by atoms with Gasteiger partial charge in [0.05, 0.1) is 19.2 Å². The number of carboxylic acids is 1. The van der Waals surface area contributed by atoms with E-state index in [0.29, 0.717) is 19.4 Å². The van der Waals surface area contributed by atoms with Gasteiger partial charge in [0.25, 0.3) is 0 Å². The summed E-state index contributed by atoms with van der Waals surface area (Å²) in [5.41, 5.74) is 13.6. The SMILES string of the molecule is CC(C)C[C@@H](NC(=O)[C@@H](Cc1ccccc1)NC(=O)[C@H](N)Cc1ccccc1)C(=O)N[C@H](CCCCN)C(=O)N1CCOC(C(=O)O)C1. The Morgan fingerprint density at radius 1 is 0.833 bits per heavy atom. The number of unbranched alkanes of at least 4 members (excludes halogenated alkanes) is 1. The number of aliphatic carboxylic acids is 1. The van der Waals surface area contributed by atoms with Crippen LogP contribution in [0.15, 0.2) is 60.7 Å². The predicted molar refractivity (Wildman–Crippen MR) is 180 cm³/mol. The van der Waals surface area contributed by atoms with Crippen LogP contribution in [0.3, 0.4) is 0 Å². The van der Waals surface area contributed by atoms with Crippen LogP contribution in [0.4, 0.5) is 0 Å². The third-order valence-corrected chi connectivity index (χ3v) is 8.11. The second-order valence-corrected chi connectivity index (χ2v) is 12.6. The Bertz CT molecular complexity index is 1340. The van der Waals surface area contributed by atoms with Gasteiger partial charge in [0.1, 0.15) is 18.1 Å². The van der Waals surface area contributed by atoms with Crippen LogP contribution in [-0.2, 0) is 41.6 Å². The summed E-state index contributed by atoms with van der Waals surface area (Å²) in [6.07, 6.45) is 1.00. The molecule has 5 atom stereocenters. The molecule has 2 aromatic carbocycles. The average Bonchev–Trinajstić information content (AvgIpc) is 3.07. The lowest BCUT2D eigenvalue weighted by Gasteiger charge is -2.34. The van der Waals surface area contributed by atoms with Crippen molar-refractivity contribution in [2.75, 3.05) is 26.2 Å². The van der Waals surface area contributed by atoms with E-state index < -0.39 is 59.9 Å². The van der Waals surface area contributed by atoms with Gasteiger partial charge in [0, 0.05) is 13.0 Å². The van der Waals surface area contributed by atoms with Gasteiger partial charge in [-0.3, -0.25) is 19.2 Å². The smallest absolute Gasteiger partial charge is 0.334 e. The highest BCUT2D eigenvalue weighted by atomic mass is 16.5. The van der Waals surface area contributed by atoms with Crippen molar-refractivity contribution in [3.8, 4) is 0 Å². The molecule has 1 unspecified atom stereocenters. The molecule has 1 heterocycles. The number of nitrogens with zero attached hydrogens (tertiary/aromatic N) is 1. The molecule has 0 bridgehead atoms. The Balaban J connectivity index is 1.78. The van der Waals surface area contributed by atoms with Crippen molar-refractivity contribution in [1.29, 1.82) is 0 Å². The number of nitrogens with two attached hydrogens (primary N) is 2. The molecular formula is C35H50N6O7. The van der Waals surface area contributed by atoms with Crippen molar-refractivity contribution in [3.05, 3.63) is 71.8 Å². The van der Waals surface area contributed by atoms with Gasteiger partial charge in [0.2, 0.25) is 23.6 Å². The standard InChI is InChI=1S/C35H50N6O7/c1-23(2)19-28(32(43)38-27(15-9-10-16-36)34(45)41-17-18-48-30(22-41)35(46)47)40-33(44)29(21-25-13-7-4-8-14-25)39-31(42)26(37)20-24-11-5-3-6-12-24/h3-8,11-14,23,26-30H,9-10,15-22,36-37H2,1-2H3,(H,38,43)(H,39,42)(H,40,44)(H,46,47)/t26-,27-,28-,29-,30?/m1/s1. The number of hydrogen-bond acceptors (Lipinski definition) is 8. The molecule has 0 aromatic heterocycles. The van der Waals surface area contributed by atoms with Crippen molar-refractivity contribution in [2.24, 2.45) is 17.4 Å². The van der Waals surface area contributed by atoms with Crippen molar-refractivity contribution in [1.82, 2.24) is 20.9 Å². The highest BCUT2D eigenvalue weighted by Gasteiger charge is 2.35. The highest BCUT2D eigenvalue weighted by Crippen LogP contribution is 2.13. The van der Waals surface area contributed by atoms with Gasteiger partial charge in [-0.1, -0.05) is 74.5 Å². The van der Waals surface area contributed by atoms with Gasteiger partial charge < -0.3 is 42.2 Å². The molecule has 0 spiro atoms. The Hall–Kier alpha value is -4.33. The quantitative estimate of drug-likeness (QED) is 0.124. The van der Waals surface area contributed by atoms with Crippen LogP contribution in [0.25, 0.3) is 0 Å². The summed E-state index contributed by atoms with van der Waals surface area (Å²) in [7, 11) is 0. The number of carboxylic acid groups (broad SMARTS) is 1. The fraction of sp³-hybridized carbons (Fsp3) is 0.514. The van der Waals surface area contributed by atoms with Crippen LogP contribution in [-0.4, -0.2) is 96.1 Å². The molecule has 2 aromatic rings. The lowest BCUT2D eigenvalue weighted by Crippen LogP contribution is -2.59. The lowest BCUT2D eigenvalue weighted by molar-refractivity contribution is -0.160. The molecular weight excluding hydrogens is 616 g/mol. The molecule has 8 N–H and O–H groups in total. The molecule has 0 radical (unpaired) electrons. The van der Waals surface area contributed by atoms with Crippen molar-refractivity contribution in [2.45, 2.75) is 82.6 Å². The maximum atomic E-state index is 13.8. The third-order valence-electron chi connectivity index (χ3n) is 8.11. The number of carbonyl (C=O) groups excluding carboxylic acids is 4. The molecule has 13 heteroatoms. The first-order valence-corrected chi connectivity index (χ1v) is 16.6. The zero-order valence-corrected chi connectivity index (χ0v) is 27.8. The zero-order chi connectivity index (χ0) is 35.1. The number of nitrogens with one attached hydrogen (secondary N) is 3. The number of amides is 4.